The number of halogens is 1. The van der Waals surface area contributed by atoms with Gasteiger partial charge in [-0.25, -0.2) is 9.07 Å². The second kappa shape index (κ2) is 6.98. The molecular formula is C22H21FN6O. The van der Waals surface area contributed by atoms with E-state index >= 15 is 0 Å². The number of hydrogen-bond acceptors (Lipinski definition) is 6. The Balaban J connectivity index is 1.80. The van der Waals surface area contributed by atoms with Crippen molar-refractivity contribution in [1.82, 2.24) is 19.7 Å². The summed E-state index contributed by atoms with van der Waals surface area (Å²) in [5.41, 5.74) is 10.2. The Hall–Kier alpha value is -3.68. The van der Waals surface area contributed by atoms with E-state index in [4.69, 9.17) is 10.8 Å². The fourth-order valence-electron chi connectivity index (χ4n) is 4.29. The van der Waals surface area contributed by atoms with Gasteiger partial charge in [0.25, 0.3) is 0 Å². The van der Waals surface area contributed by atoms with E-state index in [0.29, 0.717) is 28.2 Å². The third-order valence-corrected chi connectivity index (χ3v) is 5.59. The van der Waals surface area contributed by atoms with E-state index in [9.17, 15) is 9.50 Å². The van der Waals surface area contributed by atoms with Gasteiger partial charge in [-0.2, -0.15) is 15.1 Å². The van der Waals surface area contributed by atoms with Gasteiger partial charge in [0.2, 0.25) is 5.95 Å². The monoisotopic (exact) mass is 404 g/mol. The molecular weight excluding hydrogens is 383 g/mol. The van der Waals surface area contributed by atoms with Gasteiger partial charge < -0.3 is 16.2 Å². The van der Waals surface area contributed by atoms with E-state index < -0.39 is 5.82 Å². The van der Waals surface area contributed by atoms with Gasteiger partial charge >= 0.3 is 0 Å². The second-order valence-electron chi connectivity index (χ2n) is 7.48. The number of phenolic OH excluding ortho intramolecular Hbond substituents is 1. The first kappa shape index (κ1) is 18.4. The lowest BCUT2D eigenvalue weighted by Crippen LogP contribution is -2.19. The van der Waals surface area contributed by atoms with E-state index in [0.717, 1.165) is 25.3 Å². The van der Waals surface area contributed by atoms with Crippen LogP contribution in [0.4, 0.5) is 16.2 Å². The van der Waals surface area contributed by atoms with Crippen LogP contribution in [0, 0.1) is 5.82 Å². The molecule has 1 aliphatic carbocycles. The van der Waals surface area contributed by atoms with E-state index in [1.165, 1.54) is 23.3 Å². The van der Waals surface area contributed by atoms with Crippen LogP contribution in [0.1, 0.15) is 30.0 Å². The molecule has 1 atom stereocenters. The maximum Gasteiger partial charge on any atom is 0.226 e. The fourth-order valence-corrected chi connectivity index (χ4v) is 4.29. The number of anilines is 2. The van der Waals surface area contributed by atoms with E-state index in [2.05, 4.69) is 27.4 Å². The van der Waals surface area contributed by atoms with Crippen LogP contribution in [0.3, 0.4) is 0 Å². The molecule has 2 heterocycles. The molecule has 0 fully saturated rings. The molecule has 0 spiro atoms. The van der Waals surface area contributed by atoms with Gasteiger partial charge in [0.15, 0.2) is 5.65 Å². The third-order valence-electron chi connectivity index (χ3n) is 5.59. The van der Waals surface area contributed by atoms with E-state index in [1.807, 2.05) is 16.8 Å². The van der Waals surface area contributed by atoms with Crippen molar-refractivity contribution < 1.29 is 9.50 Å². The lowest BCUT2D eigenvalue weighted by molar-refractivity contribution is 0.460. The number of nitrogens with two attached hydrogens (primary N) is 1. The number of rotatable bonds is 3. The number of aryl methyl sites for hydroxylation is 1. The predicted octanol–water partition coefficient (Wildman–Crippen LogP) is 3.89. The summed E-state index contributed by atoms with van der Waals surface area (Å²) in [7, 11) is 1.72. The Morgan fingerprint density at radius 1 is 1.20 bits per heavy atom. The number of nitrogens with one attached hydrogen (secondary N) is 1. The molecule has 8 heteroatoms. The first-order chi connectivity index (χ1) is 14.5. The third kappa shape index (κ3) is 2.92. The SMILES string of the molecule is CNc1nc(N)c2c(-c3cc(O)cc(F)c3)nn(C3CCCc4ccccc43)c2n1. The van der Waals surface area contributed by atoms with Crippen LogP contribution in [0.15, 0.2) is 42.5 Å². The van der Waals surface area contributed by atoms with Crippen molar-refractivity contribution >= 4 is 22.8 Å². The van der Waals surface area contributed by atoms with Crippen molar-refractivity contribution in [3.05, 3.63) is 59.4 Å². The van der Waals surface area contributed by atoms with Crippen LogP contribution in [0.25, 0.3) is 22.3 Å². The van der Waals surface area contributed by atoms with Gasteiger partial charge in [0, 0.05) is 18.7 Å². The van der Waals surface area contributed by atoms with Crippen LogP contribution < -0.4 is 11.1 Å². The number of benzene rings is 2. The minimum atomic E-state index is -0.554. The molecule has 7 nitrogen and oxygen atoms in total. The van der Waals surface area contributed by atoms with Gasteiger partial charge in [-0.05, 0) is 42.5 Å². The average Bonchev–Trinajstić information content (AvgIpc) is 3.12. The van der Waals surface area contributed by atoms with Crippen LogP contribution in [0.2, 0.25) is 0 Å². The van der Waals surface area contributed by atoms with Crippen molar-refractivity contribution in [2.24, 2.45) is 0 Å². The van der Waals surface area contributed by atoms with Crippen molar-refractivity contribution in [2.75, 3.05) is 18.1 Å². The summed E-state index contributed by atoms with van der Waals surface area (Å²) < 4.78 is 15.9. The molecule has 0 amide bonds. The summed E-state index contributed by atoms with van der Waals surface area (Å²) in [6.07, 6.45) is 2.95. The standard InChI is InChI=1S/C22H21FN6O/c1-25-22-26-20(24)18-19(13-9-14(23)11-15(30)10-13)28-29(21(18)27-22)17-8-4-6-12-5-2-3-7-16(12)17/h2-3,5,7,9-11,17,30H,4,6,8H2,1H3,(H3,24,25,26,27). The Morgan fingerprint density at radius 2 is 2.03 bits per heavy atom. The van der Waals surface area contributed by atoms with Gasteiger partial charge in [0.1, 0.15) is 23.1 Å². The predicted molar refractivity (Wildman–Crippen MR) is 114 cm³/mol. The maximum atomic E-state index is 14.0. The highest BCUT2D eigenvalue weighted by atomic mass is 19.1. The Labute approximate surface area is 172 Å². The van der Waals surface area contributed by atoms with Crippen LogP contribution in [0.5, 0.6) is 5.75 Å². The lowest BCUT2D eigenvalue weighted by atomic mass is 9.88. The van der Waals surface area contributed by atoms with Crippen molar-refractivity contribution in [1.29, 1.82) is 0 Å². The average molecular weight is 404 g/mol. The minimum absolute atomic E-state index is 0.0210. The summed E-state index contributed by atoms with van der Waals surface area (Å²) in [6.45, 7) is 0. The van der Waals surface area contributed by atoms with Crippen molar-refractivity contribution in [3.63, 3.8) is 0 Å². The van der Waals surface area contributed by atoms with Gasteiger partial charge in [-0.15, -0.1) is 0 Å². The number of nitrogens with zero attached hydrogens (tertiary/aromatic N) is 4. The van der Waals surface area contributed by atoms with Crippen molar-refractivity contribution in [2.45, 2.75) is 25.3 Å². The maximum absolute atomic E-state index is 14.0. The molecule has 4 N–H and O–H groups in total. The highest BCUT2D eigenvalue weighted by Crippen LogP contribution is 2.39. The topological polar surface area (TPSA) is 102 Å². The molecule has 2 aromatic heterocycles. The number of aromatic nitrogens is 4. The number of hydrogen-bond donors (Lipinski definition) is 3. The van der Waals surface area contributed by atoms with Crippen LogP contribution in [-0.2, 0) is 6.42 Å². The largest absolute Gasteiger partial charge is 0.508 e. The van der Waals surface area contributed by atoms with Crippen LogP contribution >= 0.6 is 0 Å². The summed E-state index contributed by atoms with van der Waals surface area (Å²) in [6, 6.07) is 12.2. The fraction of sp³-hybridized carbons (Fsp3) is 0.227. The van der Waals surface area contributed by atoms with Gasteiger partial charge in [0.05, 0.1) is 11.4 Å². The number of phenols is 1. The lowest BCUT2D eigenvalue weighted by Gasteiger charge is -2.26. The summed E-state index contributed by atoms with van der Waals surface area (Å²) in [5, 5.41) is 18.2. The first-order valence-corrected chi connectivity index (χ1v) is 9.86. The molecule has 152 valence electrons. The Bertz CT molecular complexity index is 1250. The first-order valence-electron chi connectivity index (χ1n) is 9.86. The summed E-state index contributed by atoms with van der Waals surface area (Å²) in [5.74, 6) is -0.0959. The zero-order valence-electron chi connectivity index (χ0n) is 16.4. The molecule has 0 saturated heterocycles. The molecule has 0 aliphatic heterocycles. The molecule has 0 saturated carbocycles. The number of fused-ring (bicyclic) bond motifs is 2. The Kier molecular flexibility index (Phi) is 4.27. The van der Waals surface area contributed by atoms with Crippen LogP contribution in [-0.4, -0.2) is 31.9 Å². The smallest absolute Gasteiger partial charge is 0.226 e. The van der Waals surface area contributed by atoms with Gasteiger partial charge in [-0.1, -0.05) is 24.3 Å². The highest BCUT2D eigenvalue weighted by molar-refractivity contribution is 5.99. The number of aromatic hydroxyl groups is 1. The molecule has 30 heavy (non-hydrogen) atoms. The number of nitrogen functional groups attached to an aromatic ring is 1. The molecule has 2 aromatic carbocycles. The Morgan fingerprint density at radius 3 is 2.83 bits per heavy atom. The summed E-state index contributed by atoms with van der Waals surface area (Å²) in [4.78, 5) is 8.94. The summed E-state index contributed by atoms with van der Waals surface area (Å²) >= 11 is 0. The molecule has 1 aliphatic rings. The van der Waals surface area contributed by atoms with E-state index in [1.54, 1.807) is 7.05 Å². The molecule has 1 unspecified atom stereocenters. The zero-order chi connectivity index (χ0) is 20.8. The molecule has 5 rings (SSSR count). The zero-order valence-corrected chi connectivity index (χ0v) is 16.4. The normalized spacial score (nSPS) is 15.9. The molecule has 0 bridgehead atoms. The molecule has 4 aromatic rings. The van der Waals surface area contributed by atoms with E-state index in [-0.39, 0.29) is 17.6 Å². The van der Waals surface area contributed by atoms with Crippen molar-refractivity contribution in [3.8, 4) is 17.0 Å². The quantitative estimate of drug-likeness (QED) is 0.479. The molecule has 0 radical (unpaired) electrons. The minimum Gasteiger partial charge on any atom is -0.508 e. The van der Waals surface area contributed by atoms with Gasteiger partial charge in [-0.3, -0.25) is 0 Å². The highest BCUT2D eigenvalue weighted by Gasteiger charge is 2.27. The second-order valence-corrected chi connectivity index (χ2v) is 7.48.